The van der Waals surface area contributed by atoms with E-state index in [1.54, 1.807) is 4.90 Å². The van der Waals surface area contributed by atoms with Crippen LogP contribution in [0.2, 0.25) is 0 Å². The molecular formula is C19H24Cl2N4O2S. The normalized spacial score (nSPS) is 16.8. The van der Waals surface area contributed by atoms with Crippen LogP contribution in [0.4, 0.5) is 17.1 Å². The molecule has 6 nitrogen and oxygen atoms in total. The van der Waals surface area contributed by atoms with E-state index in [0.717, 1.165) is 42.4 Å². The van der Waals surface area contributed by atoms with Gasteiger partial charge in [0.05, 0.1) is 29.2 Å². The number of hydrogen-bond donors (Lipinski definition) is 1. The third kappa shape index (κ3) is 4.18. The fourth-order valence-electron chi connectivity index (χ4n) is 3.50. The van der Waals surface area contributed by atoms with E-state index in [2.05, 4.69) is 22.2 Å². The van der Waals surface area contributed by atoms with Gasteiger partial charge in [0.15, 0.2) is 0 Å². The van der Waals surface area contributed by atoms with E-state index in [1.807, 2.05) is 36.6 Å². The molecule has 0 aliphatic carbocycles. The van der Waals surface area contributed by atoms with E-state index in [4.69, 9.17) is 0 Å². The number of likely N-dealkylation sites (N-methyl/N-ethyl adjacent to an activating group) is 1. The quantitative estimate of drug-likeness (QED) is 0.774. The average Bonchev–Trinajstić information content (AvgIpc) is 2.94. The molecule has 28 heavy (non-hydrogen) atoms. The highest BCUT2D eigenvalue weighted by molar-refractivity contribution is 7.11. The van der Waals surface area contributed by atoms with Crippen molar-refractivity contribution in [3.63, 3.8) is 0 Å². The average molecular weight is 443 g/mol. The zero-order valence-corrected chi connectivity index (χ0v) is 18.3. The predicted octanol–water partition coefficient (Wildman–Crippen LogP) is 3.38. The lowest BCUT2D eigenvalue weighted by Gasteiger charge is -2.33. The summed E-state index contributed by atoms with van der Waals surface area (Å²) in [5.74, 6) is -0.159. The summed E-state index contributed by atoms with van der Waals surface area (Å²) in [6.07, 6.45) is 0. The van der Waals surface area contributed by atoms with Crippen molar-refractivity contribution in [1.82, 2.24) is 9.80 Å². The molecule has 0 spiro atoms. The standard InChI is InChI=1S/C19H22N4O2S.2ClH/c1-13-18-14(12-26-13)19(25)20-15-5-3-4-6-16(15)23(18)17(24)11-22-9-7-21(2)8-10-22;;/h3-6,12H,7-11H2,1-2H3,(H,20,25);2*1H. The number of amides is 2. The number of anilines is 3. The first-order valence-corrected chi connectivity index (χ1v) is 9.65. The van der Waals surface area contributed by atoms with Gasteiger partial charge >= 0.3 is 0 Å². The highest BCUT2D eigenvalue weighted by Crippen LogP contribution is 2.42. The summed E-state index contributed by atoms with van der Waals surface area (Å²) in [5, 5.41) is 4.78. The predicted molar refractivity (Wildman–Crippen MR) is 119 cm³/mol. The van der Waals surface area contributed by atoms with Crippen LogP contribution >= 0.6 is 36.2 Å². The third-order valence-corrected chi connectivity index (χ3v) is 5.91. The zero-order chi connectivity index (χ0) is 18.3. The number of benzene rings is 1. The molecule has 0 unspecified atom stereocenters. The van der Waals surface area contributed by atoms with Gasteiger partial charge in [-0.2, -0.15) is 0 Å². The molecule has 9 heteroatoms. The van der Waals surface area contributed by atoms with Crippen LogP contribution in [0.25, 0.3) is 0 Å². The summed E-state index contributed by atoms with van der Waals surface area (Å²) < 4.78 is 0. The summed E-state index contributed by atoms with van der Waals surface area (Å²) in [7, 11) is 2.10. The van der Waals surface area contributed by atoms with E-state index in [-0.39, 0.29) is 36.6 Å². The lowest BCUT2D eigenvalue weighted by atomic mass is 10.2. The smallest absolute Gasteiger partial charge is 0.258 e. The topological polar surface area (TPSA) is 55.9 Å². The van der Waals surface area contributed by atoms with Gasteiger partial charge in [0.1, 0.15) is 0 Å². The minimum Gasteiger partial charge on any atom is -0.320 e. The number of carbonyl (C=O) groups excluding carboxylic acids is 2. The van der Waals surface area contributed by atoms with Crippen molar-refractivity contribution < 1.29 is 9.59 Å². The number of fused-ring (bicyclic) bond motifs is 2. The molecule has 2 amide bonds. The highest BCUT2D eigenvalue weighted by Gasteiger charge is 2.32. The lowest BCUT2D eigenvalue weighted by molar-refractivity contribution is -0.119. The molecule has 2 aliphatic rings. The van der Waals surface area contributed by atoms with Crippen molar-refractivity contribution in [2.45, 2.75) is 6.92 Å². The van der Waals surface area contributed by atoms with Gasteiger partial charge in [-0.1, -0.05) is 12.1 Å². The molecular weight excluding hydrogens is 419 g/mol. The van der Waals surface area contributed by atoms with Crippen molar-refractivity contribution in [3.05, 3.63) is 40.1 Å². The monoisotopic (exact) mass is 442 g/mol. The molecule has 0 bridgehead atoms. The van der Waals surface area contributed by atoms with Crippen LogP contribution in [0.15, 0.2) is 29.6 Å². The Labute approximate surface area is 181 Å². The van der Waals surface area contributed by atoms with E-state index in [0.29, 0.717) is 17.8 Å². The molecule has 0 atom stereocenters. The summed E-state index contributed by atoms with van der Waals surface area (Å²) >= 11 is 1.50. The molecule has 0 radical (unpaired) electrons. The fourth-order valence-corrected chi connectivity index (χ4v) is 4.33. The summed E-state index contributed by atoms with van der Waals surface area (Å²) in [6, 6.07) is 7.50. The maximum atomic E-state index is 13.3. The Hall–Kier alpha value is -1.64. The van der Waals surface area contributed by atoms with E-state index >= 15 is 0 Å². The van der Waals surface area contributed by atoms with Crippen LogP contribution in [0.5, 0.6) is 0 Å². The van der Waals surface area contributed by atoms with Crippen LogP contribution in [0.3, 0.4) is 0 Å². The minimum atomic E-state index is -0.160. The van der Waals surface area contributed by atoms with Gasteiger partial charge in [0, 0.05) is 36.4 Å². The van der Waals surface area contributed by atoms with E-state index in [9.17, 15) is 9.59 Å². The second-order valence-electron chi connectivity index (χ2n) is 6.83. The molecule has 1 aromatic heterocycles. The van der Waals surface area contributed by atoms with Crippen molar-refractivity contribution in [3.8, 4) is 0 Å². The first-order chi connectivity index (χ1) is 12.5. The maximum absolute atomic E-state index is 13.3. The number of carbonyl (C=O) groups is 2. The summed E-state index contributed by atoms with van der Waals surface area (Å²) in [4.78, 5) is 33.1. The minimum absolute atomic E-state index is 0. The Bertz CT molecular complexity index is 865. The van der Waals surface area contributed by atoms with Gasteiger partial charge in [-0.3, -0.25) is 19.4 Å². The number of rotatable bonds is 2. The molecule has 152 valence electrons. The van der Waals surface area contributed by atoms with E-state index < -0.39 is 0 Å². The van der Waals surface area contributed by atoms with Crippen molar-refractivity contribution >= 4 is 65.0 Å². The summed E-state index contributed by atoms with van der Waals surface area (Å²) in [5.41, 5.74) is 2.69. The van der Waals surface area contributed by atoms with Crippen LogP contribution in [-0.4, -0.2) is 61.4 Å². The Kier molecular flexibility index (Phi) is 7.47. The Morgan fingerprint density at radius 3 is 2.54 bits per heavy atom. The summed E-state index contributed by atoms with van der Waals surface area (Å²) in [6.45, 7) is 6.00. The fraction of sp³-hybridized carbons (Fsp3) is 0.368. The van der Waals surface area contributed by atoms with E-state index in [1.165, 1.54) is 11.3 Å². The number of para-hydroxylation sites is 2. The van der Waals surface area contributed by atoms with Gasteiger partial charge in [0.2, 0.25) is 5.91 Å². The molecule has 1 saturated heterocycles. The van der Waals surface area contributed by atoms with Crippen LogP contribution in [-0.2, 0) is 4.79 Å². The van der Waals surface area contributed by atoms with Crippen LogP contribution in [0.1, 0.15) is 15.2 Å². The Morgan fingerprint density at radius 1 is 1.14 bits per heavy atom. The molecule has 1 aromatic carbocycles. The van der Waals surface area contributed by atoms with Gasteiger partial charge in [-0.15, -0.1) is 36.2 Å². The maximum Gasteiger partial charge on any atom is 0.258 e. The molecule has 4 rings (SSSR count). The second-order valence-corrected chi connectivity index (χ2v) is 7.92. The number of nitrogens with one attached hydrogen (secondary N) is 1. The van der Waals surface area contributed by atoms with Gasteiger partial charge in [0.25, 0.3) is 5.91 Å². The Balaban J connectivity index is 0.00000140. The highest BCUT2D eigenvalue weighted by atomic mass is 35.5. The number of thiophene rings is 1. The van der Waals surface area contributed by atoms with Crippen molar-refractivity contribution in [2.75, 3.05) is 50.0 Å². The number of aryl methyl sites for hydroxylation is 1. The first-order valence-electron chi connectivity index (χ1n) is 8.77. The molecule has 2 aliphatic heterocycles. The molecule has 0 saturated carbocycles. The molecule has 3 heterocycles. The number of hydrogen-bond acceptors (Lipinski definition) is 5. The molecule has 2 aromatic rings. The SMILES string of the molecule is Cc1scc2c1N(C(=O)CN1CCN(C)CC1)c1ccccc1NC2=O.Cl.Cl. The van der Waals surface area contributed by atoms with Crippen molar-refractivity contribution in [1.29, 1.82) is 0 Å². The molecule has 1 N–H and O–H groups in total. The lowest BCUT2D eigenvalue weighted by Crippen LogP contribution is -2.48. The van der Waals surface area contributed by atoms with Gasteiger partial charge in [-0.05, 0) is 26.1 Å². The second kappa shape index (κ2) is 9.24. The van der Waals surface area contributed by atoms with Gasteiger partial charge < -0.3 is 10.2 Å². The Morgan fingerprint density at radius 2 is 1.82 bits per heavy atom. The number of halogens is 2. The number of nitrogens with zero attached hydrogens (tertiary/aromatic N) is 3. The van der Waals surface area contributed by atoms with Crippen LogP contribution in [0, 0.1) is 6.92 Å². The first kappa shape index (κ1) is 22.6. The number of piperazine rings is 1. The van der Waals surface area contributed by atoms with Gasteiger partial charge in [-0.25, -0.2) is 0 Å². The third-order valence-electron chi connectivity index (χ3n) is 5.01. The van der Waals surface area contributed by atoms with Crippen LogP contribution < -0.4 is 10.2 Å². The molecule has 1 fully saturated rings. The largest absolute Gasteiger partial charge is 0.320 e. The van der Waals surface area contributed by atoms with Crippen molar-refractivity contribution in [2.24, 2.45) is 0 Å². The zero-order valence-electron chi connectivity index (χ0n) is 15.8.